The maximum Gasteiger partial charge on any atom is 0.259 e. The van der Waals surface area contributed by atoms with Crippen LogP contribution in [0, 0.1) is 0 Å². The van der Waals surface area contributed by atoms with Crippen molar-refractivity contribution in [3.63, 3.8) is 0 Å². The Morgan fingerprint density at radius 3 is 2.42 bits per heavy atom. The third-order valence-corrected chi connectivity index (χ3v) is 3.96. The highest BCUT2D eigenvalue weighted by atomic mass is 35.5. The highest BCUT2D eigenvalue weighted by molar-refractivity contribution is 6.31. The number of carbonyl (C=O) groups is 2. The Bertz CT molecular complexity index is 770. The fourth-order valence-electron chi connectivity index (χ4n) is 2.26. The van der Waals surface area contributed by atoms with Crippen molar-refractivity contribution in [1.29, 1.82) is 0 Å². The number of nitrogens with one attached hydrogen (secondary N) is 2. The molecule has 2 aromatic carbocycles. The third kappa shape index (κ3) is 3.86. The summed E-state index contributed by atoms with van der Waals surface area (Å²) in [4.78, 5) is 24.3. The topological polar surface area (TPSA) is 67.4 Å². The minimum absolute atomic E-state index is 0.0908. The van der Waals surface area contributed by atoms with E-state index in [0.29, 0.717) is 33.6 Å². The van der Waals surface area contributed by atoms with Crippen LogP contribution in [0.15, 0.2) is 42.5 Å². The second-order valence-electron chi connectivity index (χ2n) is 5.62. The summed E-state index contributed by atoms with van der Waals surface area (Å²) in [5.74, 6) is 0.0220. The number of benzene rings is 2. The molecule has 1 aliphatic carbocycles. The van der Waals surface area contributed by atoms with Gasteiger partial charge >= 0.3 is 0 Å². The summed E-state index contributed by atoms with van der Waals surface area (Å²) in [5, 5.41) is 6.14. The molecule has 5 nitrogen and oxygen atoms in total. The molecule has 6 heteroatoms. The Balaban J connectivity index is 1.70. The molecule has 124 valence electrons. The van der Waals surface area contributed by atoms with Crippen molar-refractivity contribution in [2.24, 2.45) is 0 Å². The van der Waals surface area contributed by atoms with Crippen molar-refractivity contribution in [2.75, 3.05) is 12.4 Å². The number of hydrogen-bond acceptors (Lipinski definition) is 3. The molecular weight excluding hydrogens is 328 g/mol. The Labute approximate surface area is 145 Å². The van der Waals surface area contributed by atoms with Crippen LogP contribution in [-0.4, -0.2) is 25.0 Å². The Kier molecular flexibility index (Phi) is 4.71. The Morgan fingerprint density at radius 2 is 1.79 bits per heavy atom. The lowest BCUT2D eigenvalue weighted by Gasteiger charge is -2.10. The fraction of sp³-hybridized carbons (Fsp3) is 0.222. The number of anilines is 1. The SMILES string of the molecule is COc1ccc(Cl)cc1C(=O)Nc1ccc(C(=O)NC2CC2)cc1. The van der Waals surface area contributed by atoms with E-state index in [1.807, 2.05) is 0 Å². The zero-order chi connectivity index (χ0) is 17.1. The second-order valence-corrected chi connectivity index (χ2v) is 6.06. The number of rotatable bonds is 5. The van der Waals surface area contributed by atoms with Gasteiger partial charge in [0.25, 0.3) is 11.8 Å². The van der Waals surface area contributed by atoms with Crippen LogP contribution >= 0.6 is 11.6 Å². The van der Waals surface area contributed by atoms with Crippen molar-refractivity contribution >= 4 is 29.1 Å². The van der Waals surface area contributed by atoms with Crippen molar-refractivity contribution in [3.8, 4) is 5.75 Å². The second kappa shape index (κ2) is 6.93. The van der Waals surface area contributed by atoms with E-state index >= 15 is 0 Å². The summed E-state index contributed by atoms with van der Waals surface area (Å²) >= 11 is 5.94. The third-order valence-electron chi connectivity index (χ3n) is 3.72. The van der Waals surface area contributed by atoms with E-state index in [1.54, 1.807) is 42.5 Å². The standard InChI is InChI=1S/C18H17ClN2O3/c1-24-16-9-4-12(19)10-15(16)18(23)21-13-5-2-11(3-6-13)17(22)20-14-7-8-14/h2-6,9-10,14H,7-8H2,1H3,(H,20,22)(H,21,23). The van der Waals surface area contributed by atoms with Gasteiger partial charge in [-0.15, -0.1) is 0 Å². The van der Waals surface area contributed by atoms with Crippen molar-refractivity contribution in [1.82, 2.24) is 5.32 Å². The molecule has 1 saturated carbocycles. The van der Waals surface area contributed by atoms with Crippen LogP contribution in [0.2, 0.25) is 5.02 Å². The molecule has 1 fully saturated rings. The largest absolute Gasteiger partial charge is 0.496 e. The average Bonchev–Trinajstić information content (AvgIpc) is 3.39. The van der Waals surface area contributed by atoms with Gasteiger partial charge in [0.05, 0.1) is 12.7 Å². The quantitative estimate of drug-likeness (QED) is 0.872. The molecule has 0 spiro atoms. The fourth-order valence-corrected chi connectivity index (χ4v) is 2.43. The maximum atomic E-state index is 12.4. The van der Waals surface area contributed by atoms with Crippen molar-refractivity contribution in [3.05, 3.63) is 58.6 Å². The lowest BCUT2D eigenvalue weighted by atomic mass is 10.1. The first-order valence-corrected chi connectivity index (χ1v) is 8.00. The zero-order valence-corrected chi connectivity index (χ0v) is 13.9. The number of methoxy groups -OCH3 is 1. The first kappa shape index (κ1) is 16.3. The highest BCUT2D eigenvalue weighted by Crippen LogP contribution is 2.24. The number of halogens is 1. The first-order chi connectivity index (χ1) is 11.6. The van der Waals surface area contributed by atoms with Crippen LogP contribution in [0.1, 0.15) is 33.6 Å². The van der Waals surface area contributed by atoms with E-state index in [2.05, 4.69) is 10.6 Å². The summed E-state index contributed by atoms with van der Waals surface area (Å²) in [5.41, 5.74) is 1.51. The molecule has 3 rings (SSSR count). The van der Waals surface area contributed by atoms with Gasteiger partial charge in [-0.1, -0.05) is 11.6 Å². The molecule has 0 bridgehead atoms. The van der Waals surface area contributed by atoms with Crippen molar-refractivity contribution in [2.45, 2.75) is 18.9 Å². The van der Waals surface area contributed by atoms with Gasteiger partial charge in [-0.2, -0.15) is 0 Å². The van der Waals surface area contributed by atoms with E-state index in [0.717, 1.165) is 12.8 Å². The van der Waals surface area contributed by atoms with E-state index in [-0.39, 0.29) is 11.8 Å². The molecule has 0 heterocycles. The predicted molar refractivity (Wildman–Crippen MR) is 92.9 cm³/mol. The molecule has 0 atom stereocenters. The van der Waals surface area contributed by atoms with Crippen LogP contribution in [0.4, 0.5) is 5.69 Å². The molecule has 0 radical (unpaired) electrons. The van der Waals surface area contributed by atoms with E-state index < -0.39 is 0 Å². The number of hydrogen-bond donors (Lipinski definition) is 2. The van der Waals surface area contributed by atoms with Gasteiger partial charge in [0.15, 0.2) is 0 Å². The first-order valence-electron chi connectivity index (χ1n) is 7.62. The molecule has 0 aromatic heterocycles. The van der Waals surface area contributed by atoms with Gasteiger partial charge in [0.1, 0.15) is 5.75 Å². The molecule has 0 aliphatic heterocycles. The molecule has 1 aliphatic rings. The van der Waals surface area contributed by atoms with E-state index in [4.69, 9.17) is 16.3 Å². The molecule has 24 heavy (non-hydrogen) atoms. The minimum atomic E-state index is -0.329. The molecule has 0 unspecified atom stereocenters. The summed E-state index contributed by atoms with van der Waals surface area (Å²) in [6.07, 6.45) is 2.09. The van der Waals surface area contributed by atoms with Crippen LogP contribution in [0.25, 0.3) is 0 Å². The molecule has 2 amide bonds. The lowest BCUT2D eigenvalue weighted by molar-refractivity contribution is 0.0950. The number of ether oxygens (including phenoxy) is 1. The zero-order valence-electron chi connectivity index (χ0n) is 13.1. The van der Waals surface area contributed by atoms with Crippen LogP contribution < -0.4 is 15.4 Å². The molecular formula is C18H17ClN2O3. The summed E-state index contributed by atoms with van der Waals surface area (Å²) < 4.78 is 5.18. The van der Waals surface area contributed by atoms with Crippen LogP contribution in [0.5, 0.6) is 5.75 Å². The predicted octanol–water partition coefficient (Wildman–Crippen LogP) is 3.49. The van der Waals surface area contributed by atoms with Gasteiger partial charge in [-0.25, -0.2) is 0 Å². The summed E-state index contributed by atoms with van der Waals surface area (Å²) in [6.45, 7) is 0. The normalized spacial score (nSPS) is 13.2. The minimum Gasteiger partial charge on any atom is -0.496 e. The molecule has 0 saturated heterocycles. The van der Waals surface area contributed by atoms with Gasteiger partial charge in [0.2, 0.25) is 0 Å². The van der Waals surface area contributed by atoms with Crippen LogP contribution in [-0.2, 0) is 0 Å². The van der Waals surface area contributed by atoms with E-state index in [9.17, 15) is 9.59 Å². The van der Waals surface area contributed by atoms with Gasteiger partial charge < -0.3 is 15.4 Å². The van der Waals surface area contributed by atoms with Crippen molar-refractivity contribution < 1.29 is 14.3 Å². The number of carbonyl (C=O) groups excluding carboxylic acids is 2. The smallest absolute Gasteiger partial charge is 0.259 e. The highest BCUT2D eigenvalue weighted by Gasteiger charge is 2.23. The summed E-state index contributed by atoms with van der Waals surface area (Å²) in [6, 6.07) is 11.9. The lowest BCUT2D eigenvalue weighted by Crippen LogP contribution is -2.25. The van der Waals surface area contributed by atoms with E-state index in [1.165, 1.54) is 7.11 Å². The summed E-state index contributed by atoms with van der Waals surface area (Å²) in [7, 11) is 1.49. The molecule has 2 N–H and O–H groups in total. The Hall–Kier alpha value is -2.53. The van der Waals surface area contributed by atoms with Gasteiger partial charge in [-0.05, 0) is 55.3 Å². The average molecular weight is 345 g/mol. The molecule has 2 aromatic rings. The van der Waals surface area contributed by atoms with Crippen LogP contribution in [0.3, 0.4) is 0 Å². The van der Waals surface area contributed by atoms with Gasteiger partial charge in [0, 0.05) is 22.3 Å². The van der Waals surface area contributed by atoms with Gasteiger partial charge in [-0.3, -0.25) is 9.59 Å². The maximum absolute atomic E-state index is 12.4. The number of amides is 2. The Morgan fingerprint density at radius 1 is 1.08 bits per heavy atom. The monoisotopic (exact) mass is 344 g/mol.